The molecule has 5 nitrogen and oxygen atoms in total. The van der Waals surface area contributed by atoms with Crippen molar-refractivity contribution in [1.29, 1.82) is 0 Å². The lowest BCUT2D eigenvalue weighted by atomic mass is 10.2. The van der Waals surface area contributed by atoms with E-state index in [1.54, 1.807) is 30.3 Å². The van der Waals surface area contributed by atoms with Crippen LogP contribution in [0.15, 0.2) is 53.5 Å². The highest BCUT2D eigenvalue weighted by Gasteiger charge is 2.57. The van der Waals surface area contributed by atoms with Crippen LogP contribution in [0, 0.1) is 0 Å². The largest absolute Gasteiger partial charge is 0.455 e. The average molecular weight is 370 g/mol. The van der Waals surface area contributed by atoms with Gasteiger partial charge in [0.15, 0.2) is 0 Å². The molecule has 0 atom stereocenters. The number of para-hydroxylation sites is 1. The third kappa shape index (κ3) is 3.48. The molecule has 2 aromatic heterocycles. The topological polar surface area (TPSA) is 59.8 Å². The van der Waals surface area contributed by atoms with Crippen molar-refractivity contribution in [2.45, 2.75) is 18.6 Å². The predicted molar refractivity (Wildman–Crippen MR) is 84.5 cm³/mol. The van der Waals surface area contributed by atoms with Crippen LogP contribution in [0.25, 0.3) is 11.0 Å². The van der Waals surface area contributed by atoms with Crippen LogP contribution in [0.1, 0.15) is 0 Å². The first-order valence-corrected chi connectivity index (χ1v) is 7.31. The van der Waals surface area contributed by atoms with Crippen LogP contribution >= 0.6 is 0 Å². The number of aromatic nitrogens is 3. The van der Waals surface area contributed by atoms with E-state index in [1.807, 2.05) is 0 Å². The Morgan fingerprint density at radius 1 is 1.00 bits per heavy atom. The van der Waals surface area contributed by atoms with E-state index >= 15 is 0 Å². The highest BCUT2D eigenvalue weighted by Crippen LogP contribution is 2.36. The zero-order valence-electron chi connectivity index (χ0n) is 13.0. The predicted octanol–water partition coefficient (Wildman–Crippen LogP) is 3.73. The van der Waals surface area contributed by atoms with Crippen molar-refractivity contribution in [3.63, 3.8) is 0 Å². The molecule has 0 saturated heterocycles. The van der Waals surface area contributed by atoms with Crippen molar-refractivity contribution in [2.24, 2.45) is 0 Å². The van der Waals surface area contributed by atoms with Crippen molar-refractivity contribution < 1.29 is 22.0 Å². The molecule has 0 amide bonds. The number of alkyl halides is 5. The minimum atomic E-state index is -5.78. The lowest BCUT2D eigenvalue weighted by molar-refractivity contribution is -0.286. The quantitative estimate of drug-likeness (QED) is 0.711. The molecule has 0 unspecified atom stereocenters. The zero-order chi connectivity index (χ0) is 18.9. The van der Waals surface area contributed by atoms with Gasteiger partial charge in [0.2, 0.25) is 5.95 Å². The molecular formula is C16H11F5N4O. The van der Waals surface area contributed by atoms with Crippen molar-refractivity contribution in [1.82, 2.24) is 14.5 Å². The van der Waals surface area contributed by atoms with Crippen LogP contribution in [0.5, 0.6) is 0 Å². The molecule has 3 rings (SSSR count). The molecule has 1 aromatic carbocycles. The minimum absolute atomic E-state index is 0.0432. The lowest BCUT2D eigenvalue weighted by Crippen LogP contribution is -2.43. The summed E-state index contributed by atoms with van der Waals surface area (Å²) in [6.07, 6.45) is -4.55. The monoisotopic (exact) mass is 370 g/mol. The van der Waals surface area contributed by atoms with E-state index in [9.17, 15) is 26.7 Å². The third-order valence-electron chi connectivity index (χ3n) is 3.52. The number of halogens is 5. The Hall–Kier alpha value is -3.04. The highest BCUT2D eigenvalue weighted by molar-refractivity contribution is 5.75. The van der Waals surface area contributed by atoms with Crippen LogP contribution in [0.2, 0.25) is 0 Å². The summed E-state index contributed by atoms with van der Waals surface area (Å²) in [5, 5.41) is 2.94. The van der Waals surface area contributed by atoms with Crippen LogP contribution < -0.4 is 10.9 Å². The molecule has 0 radical (unpaired) electrons. The lowest BCUT2D eigenvalue weighted by Gasteiger charge is -2.21. The second kappa shape index (κ2) is 6.36. The number of pyridine rings is 1. The smallest absolute Gasteiger partial charge is 0.324 e. The molecule has 0 bridgehead atoms. The van der Waals surface area contributed by atoms with Crippen LogP contribution in [0.4, 0.5) is 33.6 Å². The molecular weight excluding hydrogens is 359 g/mol. The van der Waals surface area contributed by atoms with Gasteiger partial charge in [-0.1, -0.05) is 18.2 Å². The fourth-order valence-electron chi connectivity index (χ4n) is 2.22. The van der Waals surface area contributed by atoms with E-state index in [1.165, 1.54) is 12.3 Å². The summed E-state index contributed by atoms with van der Waals surface area (Å²) >= 11 is 0. The number of benzene rings is 1. The fourth-order valence-corrected chi connectivity index (χ4v) is 2.22. The molecule has 0 fully saturated rings. The molecule has 10 heteroatoms. The number of nitrogens with one attached hydrogen (secondary N) is 1. The maximum atomic E-state index is 13.4. The average Bonchev–Trinajstić information content (AvgIpc) is 2.57. The van der Waals surface area contributed by atoms with Gasteiger partial charge >= 0.3 is 12.1 Å². The second-order valence-electron chi connectivity index (χ2n) is 5.42. The summed E-state index contributed by atoms with van der Waals surface area (Å²) in [6, 6.07) is 10.7. The molecule has 2 heterocycles. The summed E-state index contributed by atoms with van der Waals surface area (Å²) in [6.45, 7) is -1.87. The van der Waals surface area contributed by atoms with Gasteiger partial charge in [0.1, 0.15) is 12.2 Å². The first-order valence-electron chi connectivity index (χ1n) is 7.31. The molecule has 0 aliphatic carbocycles. The Morgan fingerprint density at radius 3 is 2.35 bits per heavy atom. The van der Waals surface area contributed by atoms with Gasteiger partial charge in [-0.3, -0.25) is 9.36 Å². The van der Waals surface area contributed by atoms with E-state index in [4.69, 9.17) is 0 Å². The van der Waals surface area contributed by atoms with Gasteiger partial charge in [0, 0.05) is 23.3 Å². The van der Waals surface area contributed by atoms with Gasteiger partial charge in [0.25, 0.3) is 5.56 Å². The number of nitrogens with zero attached hydrogens (tertiary/aromatic N) is 3. The highest BCUT2D eigenvalue weighted by atomic mass is 19.4. The normalized spacial score (nSPS) is 12.3. The molecule has 0 saturated carbocycles. The van der Waals surface area contributed by atoms with Gasteiger partial charge < -0.3 is 5.32 Å². The number of anilines is 2. The van der Waals surface area contributed by atoms with Gasteiger partial charge in [-0.05, 0) is 18.2 Å². The van der Waals surface area contributed by atoms with Crippen LogP contribution in [-0.2, 0) is 6.54 Å². The SMILES string of the molecule is O=c1ccc2cnc(Nc3ccccc3)nc2n1CC(F)(F)C(F)(F)F. The van der Waals surface area contributed by atoms with E-state index in [0.717, 1.165) is 6.07 Å². The van der Waals surface area contributed by atoms with Gasteiger partial charge in [0.05, 0.1) is 0 Å². The third-order valence-corrected chi connectivity index (χ3v) is 3.52. The minimum Gasteiger partial charge on any atom is -0.324 e. The van der Waals surface area contributed by atoms with Crippen LogP contribution in [-0.4, -0.2) is 26.6 Å². The first-order chi connectivity index (χ1) is 12.2. The maximum Gasteiger partial charge on any atom is 0.455 e. The molecule has 1 N–H and O–H groups in total. The zero-order valence-corrected chi connectivity index (χ0v) is 13.0. The van der Waals surface area contributed by atoms with Crippen molar-refractivity contribution in [3.8, 4) is 0 Å². The van der Waals surface area contributed by atoms with E-state index in [-0.39, 0.29) is 17.0 Å². The summed E-state index contributed by atoms with van der Waals surface area (Å²) in [5.41, 5.74) is -0.766. The Labute approximate surface area is 143 Å². The van der Waals surface area contributed by atoms with Crippen molar-refractivity contribution in [3.05, 3.63) is 59.0 Å². The second-order valence-corrected chi connectivity index (χ2v) is 5.42. The van der Waals surface area contributed by atoms with Crippen LogP contribution in [0.3, 0.4) is 0 Å². The Balaban J connectivity index is 2.06. The summed E-state index contributed by atoms with van der Waals surface area (Å²) in [7, 11) is 0. The Bertz CT molecular complexity index is 985. The molecule has 136 valence electrons. The van der Waals surface area contributed by atoms with E-state index in [0.29, 0.717) is 10.3 Å². The van der Waals surface area contributed by atoms with Crippen molar-refractivity contribution in [2.75, 3.05) is 5.32 Å². The van der Waals surface area contributed by atoms with Gasteiger partial charge in [-0.15, -0.1) is 0 Å². The Morgan fingerprint density at radius 2 is 1.69 bits per heavy atom. The molecule has 26 heavy (non-hydrogen) atoms. The summed E-state index contributed by atoms with van der Waals surface area (Å²) in [5.74, 6) is -5.12. The van der Waals surface area contributed by atoms with Gasteiger partial charge in [-0.2, -0.15) is 26.9 Å². The fraction of sp³-hybridized carbons (Fsp3) is 0.188. The van der Waals surface area contributed by atoms with E-state index < -0.39 is 24.2 Å². The summed E-state index contributed by atoms with van der Waals surface area (Å²) < 4.78 is 64.7. The standard InChI is InChI=1S/C16H11F5N4O/c17-15(18,16(19,20)21)9-25-12(26)7-6-10-8-22-14(24-13(10)25)23-11-4-2-1-3-5-11/h1-8H,9H2,(H,22,23,24). The van der Waals surface area contributed by atoms with Gasteiger partial charge in [-0.25, -0.2) is 4.98 Å². The number of hydrogen-bond acceptors (Lipinski definition) is 4. The molecule has 0 aliphatic heterocycles. The molecule has 0 spiro atoms. The number of hydrogen-bond donors (Lipinski definition) is 1. The molecule has 3 aromatic rings. The van der Waals surface area contributed by atoms with E-state index in [2.05, 4.69) is 15.3 Å². The number of rotatable bonds is 4. The van der Waals surface area contributed by atoms with Crippen molar-refractivity contribution >= 4 is 22.7 Å². The number of fused-ring (bicyclic) bond motifs is 1. The molecule has 0 aliphatic rings. The Kier molecular flexibility index (Phi) is 4.34. The maximum absolute atomic E-state index is 13.4. The first kappa shape index (κ1) is 17.8. The summed E-state index contributed by atoms with van der Waals surface area (Å²) in [4.78, 5) is 19.8.